The molecule has 1 unspecified atom stereocenters. The molecule has 0 aliphatic rings. The lowest BCUT2D eigenvalue weighted by Gasteiger charge is -2.19. The van der Waals surface area contributed by atoms with E-state index in [1.807, 2.05) is 20.0 Å². The number of rotatable bonds is 3. The Bertz CT molecular complexity index is 191. The van der Waals surface area contributed by atoms with Gasteiger partial charge >= 0.3 is 0 Å². The van der Waals surface area contributed by atoms with Gasteiger partial charge in [0, 0.05) is 33.2 Å². The molecule has 1 atom stereocenters. The minimum atomic E-state index is -0.808. The van der Waals surface area contributed by atoms with E-state index in [2.05, 4.69) is 26.1 Å². The molecule has 0 saturated heterocycles. The van der Waals surface area contributed by atoms with Crippen molar-refractivity contribution in [3.63, 3.8) is 0 Å². The lowest BCUT2D eigenvalue weighted by molar-refractivity contribution is 0.490. The van der Waals surface area contributed by atoms with Gasteiger partial charge in [-0.05, 0) is 27.7 Å². The van der Waals surface area contributed by atoms with Gasteiger partial charge in [0.25, 0.3) is 0 Å². The predicted molar refractivity (Wildman–Crippen MR) is 55.3 cm³/mol. The summed E-state index contributed by atoms with van der Waals surface area (Å²) < 4.78 is 11.2. The van der Waals surface area contributed by atoms with Gasteiger partial charge in [-0.25, -0.2) is 0 Å². The molecule has 72 valence electrons. The second-order valence-electron chi connectivity index (χ2n) is 3.78. The van der Waals surface area contributed by atoms with Crippen LogP contribution in [0.1, 0.15) is 34.6 Å². The minimum absolute atomic E-state index is 0.0548. The lowest BCUT2D eigenvalue weighted by atomic mass is 10.1. The summed E-state index contributed by atoms with van der Waals surface area (Å²) in [6.45, 7) is 10.0. The first-order chi connectivity index (χ1) is 5.37. The Labute approximate surface area is 77.9 Å². The third-order valence-electron chi connectivity index (χ3n) is 1.33. The van der Waals surface area contributed by atoms with Crippen LogP contribution in [0.5, 0.6) is 0 Å². The van der Waals surface area contributed by atoms with Gasteiger partial charge in [-0.15, -0.1) is 0 Å². The maximum atomic E-state index is 11.2. The van der Waals surface area contributed by atoms with Gasteiger partial charge in [-0.1, -0.05) is 6.92 Å². The quantitative estimate of drug-likeness (QED) is 0.736. The van der Waals surface area contributed by atoms with E-state index in [0.29, 0.717) is 5.75 Å². The molecule has 0 aromatic heterocycles. The fraction of sp³-hybridized carbons (Fsp3) is 0.778. The van der Waals surface area contributed by atoms with Crippen molar-refractivity contribution < 1.29 is 4.21 Å². The Kier molecular flexibility index (Phi) is 4.53. The Morgan fingerprint density at radius 2 is 2.00 bits per heavy atom. The number of allylic oxidation sites excluding steroid dienone is 1. The highest BCUT2D eigenvalue weighted by Crippen LogP contribution is 2.03. The van der Waals surface area contributed by atoms with Crippen LogP contribution in [0.2, 0.25) is 0 Å². The van der Waals surface area contributed by atoms with Crippen molar-refractivity contribution in [2.24, 2.45) is 0 Å². The summed E-state index contributed by atoms with van der Waals surface area (Å²) in [6, 6.07) is 0. The number of hydrogen-bond donors (Lipinski definition) is 1. The largest absolute Gasteiger partial charge is 0.386 e. The average Bonchev–Trinajstić information content (AvgIpc) is 1.97. The van der Waals surface area contributed by atoms with E-state index in [4.69, 9.17) is 0 Å². The normalized spacial score (nSPS) is 15.9. The van der Waals surface area contributed by atoms with Crippen LogP contribution in [0.3, 0.4) is 0 Å². The van der Waals surface area contributed by atoms with E-state index >= 15 is 0 Å². The van der Waals surface area contributed by atoms with Crippen molar-refractivity contribution in [1.29, 1.82) is 0 Å². The van der Waals surface area contributed by atoms with E-state index in [1.54, 1.807) is 0 Å². The Morgan fingerprint density at radius 3 is 2.33 bits per heavy atom. The Hall–Kier alpha value is -0.310. The van der Waals surface area contributed by atoms with Gasteiger partial charge in [-0.3, -0.25) is 4.21 Å². The molecule has 12 heavy (non-hydrogen) atoms. The highest BCUT2D eigenvalue weighted by Gasteiger charge is 2.06. The predicted octanol–water partition coefficient (Wildman–Crippen LogP) is 2.00. The van der Waals surface area contributed by atoms with Crippen LogP contribution in [0.25, 0.3) is 0 Å². The first-order valence-electron chi connectivity index (χ1n) is 4.19. The Morgan fingerprint density at radius 1 is 1.50 bits per heavy atom. The van der Waals surface area contributed by atoms with Gasteiger partial charge in [0.15, 0.2) is 0 Å². The molecule has 0 radical (unpaired) electrons. The molecule has 0 spiro atoms. The second kappa shape index (κ2) is 4.65. The highest BCUT2D eigenvalue weighted by atomic mass is 32.2. The summed E-state index contributed by atoms with van der Waals surface area (Å²) in [7, 11) is -0.808. The summed E-state index contributed by atoms with van der Waals surface area (Å²) in [5, 5.41) is 3.18. The molecular weight excluding hydrogens is 170 g/mol. The minimum Gasteiger partial charge on any atom is -0.386 e. The molecule has 0 aromatic rings. The molecule has 0 heterocycles. The zero-order chi connectivity index (χ0) is 9.78. The smallest absolute Gasteiger partial charge is 0.0497 e. The van der Waals surface area contributed by atoms with Crippen LogP contribution < -0.4 is 5.32 Å². The van der Waals surface area contributed by atoms with Crippen molar-refractivity contribution in [2.75, 3.05) is 5.75 Å². The zero-order valence-electron chi connectivity index (χ0n) is 8.60. The highest BCUT2D eigenvalue weighted by molar-refractivity contribution is 7.88. The first kappa shape index (κ1) is 11.7. The van der Waals surface area contributed by atoms with Crippen LogP contribution in [0, 0.1) is 0 Å². The topological polar surface area (TPSA) is 29.1 Å². The summed E-state index contributed by atoms with van der Waals surface area (Å²) in [4.78, 5) is 0.910. The number of hydrogen-bond acceptors (Lipinski definition) is 2. The summed E-state index contributed by atoms with van der Waals surface area (Å²) in [6.07, 6.45) is 1.85. The van der Waals surface area contributed by atoms with Crippen molar-refractivity contribution >= 4 is 10.8 Å². The fourth-order valence-corrected chi connectivity index (χ4v) is 1.26. The maximum absolute atomic E-state index is 11.2. The van der Waals surface area contributed by atoms with Crippen LogP contribution >= 0.6 is 0 Å². The van der Waals surface area contributed by atoms with Gasteiger partial charge < -0.3 is 5.32 Å². The van der Waals surface area contributed by atoms with Crippen LogP contribution in [-0.4, -0.2) is 15.5 Å². The lowest BCUT2D eigenvalue weighted by Crippen LogP contribution is -2.31. The molecule has 0 rings (SSSR count). The van der Waals surface area contributed by atoms with Gasteiger partial charge in [0.2, 0.25) is 0 Å². The van der Waals surface area contributed by atoms with E-state index in [0.717, 1.165) is 4.91 Å². The van der Waals surface area contributed by atoms with E-state index in [-0.39, 0.29) is 5.54 Å². The Balaban J connectivity index is 4.10. The molecule has 2 nitrogen and oxygen atoms in total. The van der Waals surface area contributed by atoms with Gasteiger partial charge in [-0.2, -0.15) is 0 Å². The van der Waals surface area contributed by atoms with Gasteiger partial charge in [0.1, 0.15) is 0 Å². The third-order valence-corrected chi connectivity index (χ3v) is 2.69. The van der Waals surface area contributed by atoms with E-state index in [9.17, 15) is 4.21 Å². The molecule has 0 amide bonds. The van der Waals surface area contributed by atoms with Crippen molar-refractivity contribution in [3.8, 4) is 0 Å². The average molecular weight is 189 g/mol. The molecule has 0 bridgehead atoms. The first-order valence-corrected chi connectivity index (χ1v) is 5.51. The SMILES string of the molecule is CCS(=O)/C(C)=C/NC(C)(C)C. The molecule has 0 fully saturated rings. The molecule has 0 aromatic carbocycles. The van der Waals surface area contributed by atoms with E-state index < -0.39 is 10.8 Å². The zero-order valence-corrected chi connectivity index (χ0v) is 9.42. The summed E-state index contributed by atoms with van der Waals surface area (Å²) in [5.74, 6) is 0.689. The number of nitrogens with one attached hydrogen (secondary N) is 1. The second-order valence-corrected chi connectivity index (χ2v) is 5.70. The molecule has 0 aliphatic carbocycles. The fourth-order valence-electron chi connectivity index (χ4n) is 0.612. The molecule has 3 heteroatoms. The van der Waals surface area contributed by atoms with Crippen molar-refractivity contribution in [1.82, 2.24) is 5.32 Å². The molecule has 0 saturated carbocycles. The standard InChI is InChI=1S/C9H19NOS/c1-6-12(11)8(2)7-10-9(3,4)5/h7,10H,6H2,1-5H3/b8-7+. The maximum Gasteiger partial charge on any atom is 0.0497 e. The summed E-state index contributed by atoms with van der Waals surface area (Å²) >= 11 is 0. The van der Waals surface area contributed by atoms with Crippen LogP contribution in [0.4, 0.5) is 0 Å². The summed E-state index contributed by atoms with van der Waals surface area (Å²) in [5.41, 5.74) is 0.0548. The van der Waals surface area contributed by atoms with E-state index in [1.165, 1.54) is 0 Å². The van der Waals surface area contributed by atoms with Crippen LogP contribution in [0.15, 0.2) is 11.1 Å². The third kappa shape index (κ3) is 5.35. The van der Waals surface area contributed by atoms with Crippen LogP contribution in [-0.2, 0) is 10.8 Å². The van der Waals surface area contributed by atoms with Crippen molar-refractivity contribution in [3.05, 3.63) is 11.1 Å². The molecule has 0 aliphatic heterocycles. The monoisotopic (exact) mass is 189 g/mol. The van der Waals surface area contributed by atoms with Crippen molar-refractivity contribution in [2.45, 2.75) is 40.2 Å². The van der Waals surface area contributed by atoms with Gasteiger partial charge in [0.05, 0.1) is 0 Å². The molecule has 1 N–H and O–H groups in total. The molecular formula is C9H19NOS.